The van der Waals surface area contributed by atoms with Crippen LogP contribution in [0.15, 0.2) is 24.3 Å². The van der Waals surface area contributed by atoms with Gasteiger partial charge in [0.15, 0.2) is 0 Å². The average Bonchev–Trinajstić information content (AvgIpc) is 2.73. The third-order valence-electron chi connectivity index (χ3n) is 4.60. The van der Waals surface area contributed by atoms with Crippen molar-refractivity contribution in [3.05, 3.63) is 35.4 Å². The van der Waals surface area contributed by atoms with Gasteiger partial charge in [0, 0.05) is 12.1 Å². The highest BCUT2D eigenvalue weighted by molar-refractivity contribution is 5.95. The van der Waals surface area contributed by atoms with E-state index in [1.165, 1.54) is 19.3 Å². The van der Waals surface area contributed by atoms with E-state index in [1.54, 1.807) is 0 Å². The number of benzene rings is 1. The van der Waals surface area contributed by atoms with Crippen LogP contribution in [0.5, 0.6) is 0 Å². The standard InChI is InChI=1S/C17H27N3O/c1-13(2)14-7-5-10-20(11-9-14)12-15-6-3-4-8-16(15)17(21)19-18/h3-4,6,8,13-14H,5,7,9-12,18H2,1-2H3,(H,19,21). The molecule has 1 saturated heterocycles. The van der Waals surface area contributed by atoms with Gasteiger partial charge < -0.3 is 0 Å². The van der Waals surface area contributed by atoms with Gasteiger partial charge in [-0.25, -0.2) is 5.84 Å². The van der Waals surface area contributed by atoms with Crippen molar-refractivity contribution in [3.8, 4) is 0 Å². The molecule has 1 aromatic rings. The molecule has 3 N–H and O–H groups in total. The minimum atomic E-state index is -0.208. The van der Waals surface area contributed by atoms with Gasteiger partial charge in [-0.15, -0.1) is 0 Å². The Balaban J connectivity index is 2.03. The molecule has 1 aliphatic heterocycles. The van der Waals surface area contributed by atoms with Crippen LogP contribution in [0.2, 0.25) is 0 Å². The van der Waals surface area contributed by atoms with E-state index < -0.39 is 0 Å². The summed E-state index contributed by atoms with van der Waals surface area (Å²) in [6.45, 7) is 7.69. The van der Waals surface area contributed by atoms with Gasteiger partial charge in [-0.1, -0.05) is 32.0 Å². The number of nitrogens with one attached hydrogen (secondary N) is 1. The van der Waals surface area contributed by atoms with Crippen molar-refractivity contribution in [1.29, 1.82) is 0 Å². The van der Waals surface area contributed by atoms with Crippen molar-refractivity contribution < 1.29 is 4.79 Å². The molecule has 1 fully saturated rings. The Morgan fingerprint density at radius 1 is 1.33 bits per heavy atom. The van der Waals surface area contributed by atoms with E-state index >= 15 is 0 Å². The molecule has 4 heteroatoms. The molecule has 1 unspecified atom stereocenters. The molecular weight excluding hydrogens is 262 g/mol. The number of rotatable bonds is 4. The summed E-state index contributed by atoms with van der Waals surface area (Å²) in [5, 5.41) is 0. The average molecular weight is 289 g/mol. The van der Waals surface area contributed by atoms with Crippen molar-refractivity contribution in [2.24, 2.45) is 17.7 Å². The number of hydrazine groups is 1. The van der Waals surface area contributed by atoms with Crippen LogP contribution in [0.3, 0.4) is 0 Å². The van der Waals surface area contributed by atoms with Gasteiger partial charge in [-0.3, -0.25) is 15.1 Å². The Morgan fingerprint density at radius 3 is 2.81 bits per heavy atom. The van der Waals surface area contributed by atoms with Crippen LogP contribution >= 0.6 is 0 Å². The van der Waals surface area contributed by atoms with E-state index in [4.69, 9.17) is 5.84 Å². The second kappa shape index (κ2) is 7.57. The van der Waals surface area contributed by atoms with Crippen molar-refractivity contribution >= 4 is 5.91 Å². The molecule has 21 heavy (non-hydrogen) atoms. The van der Waals surface area contributed by atoms with E-state index in [9.17, 15) is 4.79 Å². The number of carbonyl (C=O) groups is 1. The predicted molar refractivity (Wildman–Crippen MR) is 85.6 cm³/mol. The first-order valence-electron chi connectivity index (χ1n) is 7.93. The van der Waals surface area contributed by atoms with Crippen LogP contribution in [0.25, 0.3) is 0 Å². The topological polar surface area (TPSA) is 58.4 Å². The quantitative estimate of drug-likeness (QED) is 0.509. The first-order valence-corrected chi connectivity index (χ1v) is 7.93. The molecule has 1 amide bonds. The highest BCUT2D eigenvalue weighted by atomic mass is 16.2. The minimum absolute atomic E-state index is 0.208. The van der Waals surface area contributed by atoms with Gasteiger partial charge in [0.2, 0.25) is 0 Å². The molecule has 2 rings (SSSR count). The number of hydrogen-bond acceptors (Lipinski definition) is 3. The number of nitrogens with two attached hydrogens (primary N) is 1. The molecule has 0 aliphatic carbocycles. The molecule has 0 bridgehead atoms. The lowest BCUT2D eigenvalue weighted by Gasteiger charge is -2.22. The molecule has 1 aliphatic rings. The van der Waals surface area contributed by atoms with Gasteiger partial charge in [0.1, 0.15) is 0 Å². The maximum atomic E-state index is 11.8. The minimum Gasteiger partial charge on any atom is -0.299 e. The molecule has 1 aromatic carbocycles. The van der Waals surface area contributed by atoms with Crippen molar-refractivity contribution in [2.45, 2.75) is 39.7 Å². The van der Waals surface area contributed by atoms with Gasteiger partial charge in [0.05, 0.1) is 0 Å². The number of likely N-dealkylation sites (tertiary alicyclic amines) is 1. The van der Waals surface area contributed by atoms with Crippen LogP contribution in [-0.2, 0) is 6.54 Å². The lowest BCUT2D eigenvalue weighted by molar-refractivity contribution is 0.0951. The number of hydrogen-bond donors (Lipinski definition) is 2. The molecular formula is C17H27N3O. The summed E-state index contributed by atoms with van der Waals surface area (Å²) in [5.74, 6) is 6.66. The Labute approximate surface area is 127 Å². The first kappa shape index (κ1) is 16.0. The maximum absolute atomic E-state index is 11.8. The fourth-order valence-electron chi connectivity index (χ4n) is 3.20. The smallest absolute Gasteiger partial charge is 0.265 e. The number of amides is 1. The largest absolute Gasteiger partial charge is 0.299 e. The lowest BCUT2D eigenvalue weighted by atomic mass is 9.89. The maximum Gasteiger partial charge on any atom is 0.265 e. The second-order valence-corrected chi connectivity index (χ2v) is 6.34. The first-order chi connectivity index (χ1) is 10.1. The monoisotopic (exact) mass is 289 g/mol. The zero-order valence-corrected chi connectivity index (χ0v) is 13.1. The zero-order chi connectivity index (χ0) is 15.2. The van der Waals surface area contributed by atoms with Crippen molar-refractivity contribution in [3.63, 3.8) is 0 Å². The van der Waals surface area contributed by atoms with Gasteiger partial charge >= 0.3 is 0 Å². The molecule has 116 valence electrons. The van der Waals surface area contributed by atoms with Crippen LogP contribution in [0.1, 0.15) is 49.0 Å². The highest BCUT2D eigenvalue weighted by Gasteiger charge is 2.20. The fraction of sp³-hybridized carbons (Fsp3) is 0.588. The van der Waals surface area contributed by atoms with E-state index in [0.717, 1.165) is 37.0 Å². The number of nitrogens with zero attached hydrogens (tertiary/aromatic N) is 1. The molecule has 0 radical (unpaired) electrons. The summed E-state index contributed by atoms with van der Waals surface area (Å²) in [4.78, 5) is 14.3. The SMILES string of the molecule is CC(C)C1CCCN(Cc2ccccc2C(=O)NN)CC1. The Kier molecular flexibility index (Phi) is 5.76. The zero-order valence-electron chi connectivity index (χ0n) is 13.1. The normalized spacial score (nSPS) is 20.3. The molecule has 0 spiro atoms. The van der Waals surface area contributed by atoms with Gasteiger partial charge in [-0.2, -0.15) is 0 Å². The van der Waals surface area contributed by atoms with Gasteiger partial charge in [0.25, 0.3) is 5.91 Å². The van der Waals surface area contributed by atoms with Crippen molar-refractivity contribution in [2.75, 3.05) is 13.1 Å². The Bertz CT molecular complexity index is 473. The summed E-state index contributed by atoms with van der Waals surface area (Å²) in [5.41, 5.74) is 3.98. The van der Waals surface area contributed by atoms with Gasteiger partial charge in [-0.05, 0) is 55.8 Å². The van der Waals surface area contributed by atoms with E-state index in [1.807, 2.05) is 24.3 Å². The van der Waals surface area contributed by atoms with E-state index in [2.05, 4.69) is 24.2 Å². The second-order valence-electron chi connectivity index (χ2n) is 6.34. The van der Waals surface area contributed by atoms with Crippen LogP contribution < -0.4 is 11.3 Å². The van der Waals surface area contributed by atoms with E-state index in [0.29, 0.717) is 5.56 Å². The third-order valence-corrected chi connectivity index (χ3v) is 4.60. The summed E-state index contributed by atoms with van der Waals surface area (Å²) < 4.78 is 0. The fourth-order valence-corrected chi connectivity index (χ4v) is 3.20. The lowest BCUT2D eigenvalue weighted by Crippen LogP contribution is -2.32. The Morgan fingerprint density at radius 2 is 2.10 bits per heavy atom. The van der Waals surface area contributed by atoms with E-state index in [-0.39, 0.29) is 5.91 Å². The summed E-state index contributed by atoms with van der Waals surface area (Å²) in [7, 11) is 0. The van der Waals surface area contributed by atoms with Crippen LogP contribution in [0.4, 0.5) is 0 Å². The van der Waals surface area contributed by atoms with Crippen molar-refractivity contribution in [1.82, 2.24) is 10.3 Å². The molecule has 0 saturated carbocycles. The molecule has 4 nitrogen and oxygen atoms in total. The third kappa shape index (κ3) is 4.29. The summed E-state index contributed by atoms with van der Waals surface area (Å²) in [6, 6.07) is 7.73. The summed E-state index contributed by atoms with van der Waals surface area (Å²) in [6.07, 6.45) is 3.82. The highest BCUT2D eigenvalue weighted by Crippen LogP contribution is 2.25. The molecule has 1 atom stereocenters. The number of nitrogen functional groups attached to an aromatic ring is 1. The van der Waals surface area contributed by atoms with Crippen LogP contribution in [-0.4, -0.2) is 23.9 Å². The van der Waals surface area contributed by atoms with Crippen LogP contribution in [0, 0.1) is 11.8 Å². The number of carbonyl (C=O) groups excluding carboxylic acids is 1. The Hall–Kier alpha value is -1.39. The molecule has 1 heterocycles. The molecule has 0 aromatic heterocycles. The summed E-state index contributed by atoms with van der Waals surface area (Å²) >= 11 is 0. The predicted octanol–water partition coefficient (Wildman–Crippen LogP) is 2.55.